The number of hydrogen-bond donors (Lipinski definition) is 0. The van der Waals surface area contributed by atoms with Crippen molar-refractivity contribution in [2.45, 2.75) is 33.4 Å². The Morgan fingerprint density at radius 3 is 2.03 bits per heavy atom. The molecule has 0 amide bonds. The van der Waals surface area contributed by atoms with Crippen molar-refractivity contribution in [3.8, 4) is 5.75 Å². The van der Waals surface area contributed by atoms with Crippen molar-refractivity contribution in [2.75, 3.05) is 50.0 Å². The molecule has 0 N–H and O–H groups in total. The summed E-state index contributed by atoms with van der Waals surface area (Å²) >= 11 is 0. The van der Waals surface area contributed by atoms with E-state index in [4.69, 9.17) is 0 Å². The number of alkyl halides is 3. The Balaban J connectivity index is 0.00000141. The van der Waals surface area contributed by atoms with Gasteiger partial charge in [-0.25, -0.2) is 8.42 Å². The van der Waals surface area contributed by atoms with E-state index in [-0.39, 0.29) is 25.4 Å². The minimum absolute atomic E-state index is 0.103. The molecule has 0 aliphatic carbocycles. The minimum atomic E-state index is -4.40. The first kappa shape index (κ1) is 26.0. The average Bonchev–Trinajstić information content (AvgIpc) is 2.67. The van der Waals surface area contributed by atoms with Gasteiger partial charge in [-0.1, -0.05) is 20.3 Å². The molecule has 1 aliphatic heterocycles. The van der Waals surface area contributed by atoms with E-state index in [9.17, 15) is 26.4 Å². The van der Waals surface area contributed by atoms with Crippen LogP contribution in [0.1, 0.15) is 27.2 Å². The first-order chi connectivity index (χ1) is 14.0. The number of carbonyl (C=O) groups excluding carboxylic acids is 1. The van der Waals surface area contributed by atoms with Crippen molar-refractivity contribution in [1.82, 2.24) is 4.31 Å². The maximum atomic E-state index is 12.2. The third-order valence-corrected chi connectivity index (χ3v) is 5.59. The fourth-order valence-electron chi connectivity index (χ4n) is 2.59. The van der Waals surface area contributed by atoms with Gasteiger partial charge in [-0.2, -0.15) is 17.5 Å². The number of rotatable bonds is 7. The summed E-state index contributed by atoms with van der Waals surface area (Å²) < 4.78 is 71.4. The summed E-state index contributed by atoms with van der Waals surface area (Å²) in [6, 6.07) is 6.11. The van der Waals surface area contributed by atoms with Crippen molar-refractivity contribution >= 4 is 21.7 Å². The Morgan fingerprint density at radius 2 is 1.57 bits per heavy atom. The van der Waals surface area contributed by atoms with E-state index in [1.165, 1.54) is 22.9 Å². The molecular weight excluding hydrogens is 425 g/mol. The summed E-state index contributed by atoms with van der Waals surface area (Å²) in [4.78, 5) is 13.3. The van der Waals surface area contributed by atoms with Crippen LogP contribution < -0.4 is 9.64 Å². The van der Waals surface area contributed by atoms with Crippen molar-refractivity contribution in [3.63, 3.8) is 0 Å². The zero-order chi connectivity index (χ0) is 22.8. The number of sulfonamides is 1. The number of ether oxygens (including phenoxy) is 2. The third-order valence-electron chi connectivity index (χ3n) is 3.84. The van der Waals surface area contributed by atoms with Gasteiger partial charge in [0.1, 0.15) is 5.75 Å². The molecule has 0 radical (unpaired) electrons. The molecule has 0 bridgehead atoms. The van der Waals surface area contributed by atoms with E-state index in [1.54, 1.807) is 19.1 Å². The molecule has 0 saturated carbocycles. The number of esters is 1. The Morgan fingerprint density at radius 1 is 1.03 bits per heavy atom. The minimum Gasteiger partial charge on any atom is -0.484 e. The van der Waals surface area contributed by atoms with Crippen molar-refractivity contribution in [1.29, 1.82) is 0 Å². The molecular formula is C19H29F3N2O5S. The SMILES string of the molecule is CCC.CCOC(=O)CS(=O)(=O)N1CCN(c2ccc(OCC(F)(F)F)cc2)CC1. The highest BCUT2D eigenvalue weighted by Crippen LogP contribution is 2.23. The fourth-order valence-corrected chi connectivity index (χ4v) is 3.87. The second-order valence-electron chi connectivity index (χ2n) is 6.55. The average molecular weight is 455 g/mol. The number of nitrogens with zero attached hydrogens (tertiary/aromatic N) is 2. The van der Waals surface area contributed by atoms with Crippen LogP contribution in [0.2, 0.25) is 0 Å². The second kappa shape index (κ2) is 12.0. The van der Waals surface area contributed by atoms with E-state index in [1.807, 2.05) is 4.90 Å². The van der Waals surface area contributed by atoms with E-state index >= 15 is 0 Å². The maximum Gasteiger partial charge on any atom is 0.422 e. The van der Waals surface area contributed by atoms with Crippen LogP contribution in [0.5, 0.6) is 5.75 Å². The topological polar surface area (TPSA) is 76.2 Å². The molecule has 30 heavy (non-hydrogen) atoms. The van der Waals surface area contributed by atoms with Crippen LogP contribution in [0, 0.1) is 0 Å². The molecule has 2 rings (SSSR count). The van der Waals surface area contributed by atoms with Crippen LogP contribution in [0.3, 0.4) is 0 Å². The molecule has 0 aromatic heterocycles. The normalized spacial score (nSPS) is 15.2. The Kier molecular flexibility index (Phi) is 10.4. The predicted octanol–water partition coefficient (Wildman–Crippen LogP) is 3.06. The molecule has 11 heteroatoms. The molecule has 172 valence electrons. The lowest BCUT2D eigenvalue weighted by Gasteiger charge is -2.35. The molecule has 1 aromatic carbocycles. The zero-order valence-electron chi connectivity index (χ0n) is 17.4. The molecule has 0 spiro atoms. The summed E-state index contributed by atoms with van der Waals surface area (Å²) in [6.07, 6.45) is -3.15. The van der Waals surface area contributed by atoms with Crippen molar-refractivity contribution in [3.05, 3.63) is 24.3 Å². The van der Waals surface area contributed by atoms with Crippen molar-refractivity contribution < 1.29 is 35.9 Å². The van der Waals surface area contributed by atoms with Gasteiger partial charge in [-0.3, -0.25) is 4.79 Å². The lowest BCUT2D eigenvalue weighted by atomic mass is 10.2. The van der Waals surface area contributed by atoms with E-state index in [0.717, 1.165) is 5.69 Å². The lowest BCUT2D eigenvalue weighted by Crippen LogP contribution is -2.50. The summed E-state index contributed by atoms with van der Waals surface area (Å²) in [5, 5.41) is 0. The monoisotopic (exact) mass is 454 g/mol. The predicted molar refractivity (Wildman–Crippen MR) is 108 cm³/mol. The van der Waals surface area contributed by atoms with Gasteiger partial charge in [0.05, 0.1) is 6.61 Å². The molecule has 0 unspecified atom stereocenters. The summed E-state index contributed by atoms with van der Waals surface area (Å²) in [7, 11) is -3.73. The zero-order valence-corrected chi connectivity index (χ0v) is 18.3. The van der Waals surface area contributed by atoms with Crippen LogP contribution >= 0.6 is 0 Å². The molecule has 0 atom stereocenters. The highest BCUT2D eigenvalue weighted by molar-refractivity contribution is 7.89. The summed E-state index contributed by atoms with van der Waals surface area (Å²) in [5.74, 6) is -1.37. The van der Waals surface area contributed by atoms with Crippen LogP contribution in [-0.4, -0.2) is 70.0 Å². The van der Waals surface area contributed by atoms with Gasteiger partial charge in [-0.05, 0) is 31.2 Å². The van der Waals surface area contributed by atoms with Crippen LogP contribution in [0.4, 0.5) is 18.9 Å². The van der Waals surface area contributed by atoms with Gasteiger partial charge in [-0.15, -0.1) is 0 Å². The van der Waals surface area contributed by atoms with Gasteiger partial charge in [0, 0.05) is 31.9 Å². The van der Waals surface area contributed by atoms with Crippen LogP contribution in [0.15, 0.2) is 24.3 Å². The van der Waals surface area contributed by atoms with Gasteiger partial charge in [0.2, 0.25) is 10.0 Å². The molecule has 1 saturated heterocycles. The number of halogens is 3. The molecule has 1 fully saturated rings. The van der Waals surface area contributed by atoms with Gasteiger partial charge < -0.3 is 14.4 Å². The highest BCUT2D eigenvalue weighted by Gasteiger charge is 2.30. The molecule has 7 nitrogen and oxygen atoms in total. The molecule has 1 aliphatic rings. The quantitative estimate of drug-likeness (QED) is 0.590. The second-order valence-corrected chi connectivity index (χ2v) is 8.52. The number of piperazine rings is 1. The van der Waals surface area contributed by atoms with Gasteiger partial charge >= 0.3 is 12.1 Å². The Bertz CT molecular complexity index is 746. The maximum absolute atomic E-state index is 12.2. The molecule has 1 aromatic rings. The largest absolute Gasteiger partial charge is 0.484 e. The first-order valence-corrected chi connectivity index (χ1v) is 11.3. The standard InChI is InChI=1S/C16H21F3N2O5S.C3H8/c1-2-25-15(22)11-27(23,24)21-9-7-20(8-10-21)13-3-5-14(6-4-13)26-12-16(17,18)19;1-3-2/h3-6H,2,7-12H2,1H3;3H2,1-2H3. The number of benzene rings is 1. The van der Waals surface area contributed by atoms with E-state index in [2.05, 4.69) is 23.3 Å². The smallest absolute Gasteiger partial charge is 0.422 e. The Hall–Kier alpha value is -2.01. The lowest BCUT2D eigenvalue weighted by molar-refractivity contribution is -0.153. The molecule has 1 heterocycles. The van der Waals surface area contributed by atoms with Crippen LogP contribution in [0.25, 0.3) is 0 Å². The Labute approximate surface area is 175 Å². The van der Waals surface area contributed by atoms with Gasteiger partial charge in [0.25, 0.3) is 0 Å². The third kappa shape index (κ3) is 9.21. The number of anilines is 1. The fraction of sp³-hybridized carbons (Fsp3) is 0.632. The van der Waals surface area contributed by atoms with Crippen molar-refractivity contribution in [2.24, 2.45) is 0 Å². The van der Waals surface area contributed by atoms with Crippen LogP contribution in [-0.2, 0) is 19.6 Å². The summed E-state index contributed by atoms with van der Waals surface area (Å²) in [6.45, 7) is 5.80. The number of hydrogen-bond acceptors (Lipinski definition) is 6. The summed E-state index contributed by atoms with van der Waals surface area (Å²) in [5.41, 5.74) is 0.747. The highest BCUT2D eigenvalue weighted by atomic mass is 32.2. The van der Waals surface area contributed by atoms with E-state index in [0.29, 0.717) is 13.1 Å². The first-order valence-electron chi connectivity index (χ1n) is 9.70. The van der Waals surface area contributed by atoms with E-state index < -0.39 is 34.5 Å². The number of carbonyl (C=O) groups is 1. The van der Waals surface area contributed by atoms with Gasteiger partial charge in [0.15, 0.2) is 12.4 Å².